The molecule has 0 amide bonds. The number of pyridine rings is 2. The van der Waals surface area contributed by atoms with Crippen LogP contribution in [0.15, 0.2) is 42.9 Å². The van der Waals surface area contributed by atoms with E-state index in [9.17, 15) is 13.2 Å². The van der Waals surface area contributed by atoms with Crippen molar-refractivity contribution >= 4 is 32.7 Å². The predicted octanol–water partition coefficient (Wildman–Crippen LogP) is 1.91. The highest BCUT2D eigenvalue weighted by atomic mass is 32.2. The lowest BCUT2D eigenvalue weighted by molar-refractivity contribution is -0.115. The first-order valence-electron chi connectivity index (χ1n) is 7.22. The van der Waals surface area contributed by atoms with E-state index in [4.69, 9.17) is 0 Å². The van der Waals surface area contributed by atoms with Gasteiger partial charge in [-0.3, -0.25) is 9.78 Å². The van der Waals surface area contributed by atoms with Gasteiger partial charge in [0.15, 0.2) is 0 Å². The van der Waals surface area contributed by atoms with Gasteiger partial charge in [-0.25, -0.2) is 17.4 Å². The molecule has 0 aliphatic carbocycles. The van der Waals surface area contributed by atoms with E-state index in [0.29, 0.717) is 16.9 Å². The van der Waals surface area contributed by atoms with Crippen molar-refractivity contribution in [1.82, 2.24) is 13.9 Å². The Morgan fingerprint density at radius 2 is 2.00 bits per heavy atom. The van der Waals surface area contributed by atoms with Gasteiger partial charge in [-0.1, -0.05) is 0 Å². The lowest BCUT2D eigenvalue weighted by atomic mass is 10.1. The third-order valence-electron chi connectivity index (χ3n) is 3.47. The second-order valence-electron chi connectivity index (χ2n) is 5.49. The van der Waals surface area contributed by atoms with Crippen LogP contribution in [-0.4, -0.2) is 40.9 Å². The summed E-state index contributed by atoms with van der Waals surface area (Å²) < 4.78 is 24.9. The van der Waals surface area contributed by atoms with Crippen LogP contribution < -0.4 is 5.32 Å². The van der Waals surface area contributed by atoms with Gasteiger partial charge in [0.25, 0.3) is 0 Å². The molecule has 0 aliphatic heterocycles. The standard InChI is InChI=1S/C16H16N4O3S/c1-11(21)9-19-16-8-12(3-5-17-16)13-7-15-14(18-10-13)4-6-20(15)24(2,22)23/h3-8,10H,9H2,1-2H3,(H,17,19). The summed E-state index contributed by atoms with van der Waals surface area (Å²) in [5.41, 5.74) is 2.71. The third-order valence-corrected chi connectivity index (χ3v) is 4.50. The molecule has 0 spiro atoms. The minimum absolute atomic E-state index is 0.0104. The maximum atomic E-state index is 11.8. The molecule has 3 heterocycles. The molecule has 0 saturated heterocycles. The maximum absolute atomic E-state index is 11.8. The van der Waals surface area contributed by atoms with Crippen LogP contribution in [0.5, 0.6) is 0 Å². The number of nitrogens with zero attached hydrogens (tertiary/aromatic N) is 3. The molecular formula is C16H16N4O3S. The molecule has 0 radical (unpaired) electrons. The number of rotatable bonds is 5. The van der Waals surface area contributed by atoms with Crippen LogP contribution in [0.3, 0.4) is 0 Å². The molecule has 3 aromatic heterocycles. The zero-order chi connectivity index (χ0) is 17.3. The molecule has 24 heavy (non-hydrogen) atoms. The highest BCUT2D eigenvalue weighted by Gasteiger charge is 2.12. The van der Waals surface area contributed by atoms with Gasteiger partial charge in [0, 0.05) is 24.2 Å². The van der Waals surface area contributed by atoms with E-state index in [1.54, 1.807) is 36.7 Å². The fourth-order valence-electron chi connectivity index (χ4n) is 2.36. The van der Waals surface area contributed by atoms with Crippen molar-refractivity contribution in [2.45, 2.75) is 6.92 Å². The second-order valence-corrected chi connectivity index (χ2v) is 7.35. The smallest absolute Gasteiger partial charge is 0.236 e. The van der Waals surface area contributed by atoms with Crippen molar-refractivity contribution in [1.29, 1.82) is 0 Å². The number of Topliss-reactive ketones (excluding diaryl/α,β-unsaturated/α-hetero) is 1. The van der Waals surface area contributed by atoms with Crippen molar-refractivity contribution in [2.75, 3.05) is 18.1 Å². The molecule has 3 rings (SSSR count). The van der Waals surface area contributed by atoms with Crippen molar-refractivity contribution < 1.29 is 13.2 Å². The Balaban J connectivity index is 2.03. The van der Waals surface area contributed by atoms with Crippen molar-refractivity contribution in [3.8, 4) is 11.1 Å². The summed E-state index contributed by atoms with van der Waals surface area (Å²) in [4.78, 5) is 19.5. The number of nitrogens with one attached hydrogen (secondary N) is 1. The first-order chi connectivity index (χ1) is 11.3. The second kappa shape index (κ2) is 6.04. The number of ketones is 1. The van der Waals surface area contributed by atoms with E-state index in [1.807, 2.05) is 0 Å². The first-order valence-corrected chi connectivity index (χ1v) is 9.07. The fourth-order valence-corrected chi connectivity index (χ4v) is 3.14. The Labute approximate surface area is 139 Å². The van der Waals surface area contributed by atoms with Crippen LogP contribution in [0.2, 0.25) is 0 Å². The molecule has 124 valence electrons. The van der Waals surface area contributed by atoms with Gasteiger partial charge in [0.2, 0.25) is 10.0 Å². The van der Waals surface area contributed by atoms with E-state index < -0.39 is 10.0 Å². The summed E-state index contributed by atoms with van der Waals surface area (Å²) in [6.45, 7) is 1.69. The average molecular weight is 344 g/mol. The highest BCUT2D eigenvalue weighted by molar-refractivity contribution is 7.89. The normalized spacial score (nSPS) is 11.6. The van der Waals surface area contributed by atoms with Crippen LogP contribution >= 0.6 is 0 Å². The summed E-state index contributed by atoms with van der Waals surface area (Å²) in [5, 5.41) is 2.94. The number of aromatic nitrogens is 3. The van der Waals surface area contributed by atoms with Gasteiger partial charge in [0.1, 0.15) is 11.6 Å². The Hall–Kier alpha value is -2.74. The number of hydrogen-bond acceptors (Lipinski definition) is 6. The summed E-state index contributed by atoms with van der Waals surface area (Å²) in [6, 6.07) is 7.02. The van der Waals surface area contributed by atoms with Crippen LogP contribution in [0.4, 0.5) is 5.82 Å². The van der Waals surface area contributed by atoms with Gasteiger partial charge in [-0.2, -0.15) is 0 Å². The highest BCUT2D eigenvalue weighted by Crippen LogP contribution is 2.25. The van der Waals surface area contributed by atoms with Gasteiger partial charge in [-0.15, -0.1) is 0 Å². The predicted molar refractivity (Wildman–Crippen MR) is 92.4 cm³/mol. The van der Waals surface area contributed by atoms with E-state index >= 15 is 0 Å². The average Bonchev–Trinajstić information content (AvgIpc) is 2.96. The number of carbonyl (C=O) groups excluding carboxylic acids is 1. The van der Waals surface area contributed by atoms with Crippen LogP contribution in [0.25, 0.3) is 22.2 Å². The quantitative estimate of drug-likeness (QED) is 0.760. The molecule has 0 unspecified atom stereocenters. The van der Waals surface area contributed by atoms with Crippen LogP contribution in [0.1, 0.15) is 6.92 Å². The molecule has 3 aromatic rings. The Morgan fingerprint density at radius 3 is 2.71 bits per heavy atom. The van der Waals surface area contributed by atoms with Crippen molar-refractivity contribution in [3.05, 3.63) is 42.9 Å². The topological polar surface area (TPSA) is 94.0 Å². The minimum atomic E-state index is -3.40. The Morgan fingerprint density at radius 1 is 1.21 bits per heavy atom. The monoisotopic (exact) mass is 344 g/mol. The van der Waals surface area contributed by atoms with Crippen molar-refractivity contribution in [2.24, 2.45) is 0 Å². The molecule has 0 atom stereocenters. The number of anilines is 1. The number of fused-ring (bicyclic) bond motifs is 1. The SMILES string of the molecule is CC(=O)CNc1cc(-c2cnc3ccn(S(C)(=O)=O)c3c2)ccn1. The van der Waals surface area contributed by atoms with E-state index in [2.05, 4.69) is 15.3 Å². The first kappa shape index (κ1) is 16.1. The third kappa shape index (κ3) is 3.28. The lowest BCUT2D eigenvalue weighted by Gasteiger charge is -2.07. The molecule has 1 N–H and O–H groups in total. The molecule has 7 nitrogen and oxygen atoms in total. The fraction of sp³-hybridized carbons (Fsp3) is 0.188. The zero-order valence-corrected chi connectivity index (χ0v) is 14.0. The molecule has 0 bridgehead atoms. The largest absolute Gasteiger partial charge is 0.363 e. The summed E-state index contributed by atoms with van der Waals surface area (Å²) >= 11 is 0. The van der Waals surface area contributed by atoms with Gasteiger partial charge in [0.05, 0.1) is 23.8 Å². The van der Waals surface area contributed by atoms with Crippen LogP contribution in [-0.2, 0) is 14.8 Å². The van der Waals surface area contributed by atoms with E-state index in [-0.39, 0.29) is 12.3 Å². The molecule has 0 fully saturated rings. The van der Waals surface area contributed by atoms with Crippen LogP contribution in [0, 0.1) is 0 Å². The molecule has 0 saturated carbocycles. The summed E-state index contributed by atoms with van der Waals surface area (Å²) in [7, 11) is -3.40. The van der Waals surface area contributed by atoms with E-state index in [1.165, 1.54) is 17.1 Å². The maximum Gasteiger partial charge on any atom is 0.236 e. The lowest BCUT2D eigenvalue weighted by Crippen LogP contribution is -2.10. The van der Waals surface area contributed by atoms with Gasteiger partial charge < -0.3 is 5.32 Å². The Kier molecular flexibility index (Phi) is 4.06. The molecular weight excluding hydrogens is 328 g/mol. The zero-order valence-electron chi connectivity index (χ0n) is 13.2. The summed E-state index contributed by atoms with van der Waals surface area (Å²) in [6.07, 6.45) is 5.94. The summed E-state index contributed by atoms with van der Waals surface area (Å²) in [5.74, 6) is 0.581. The molecule has 0 aliphatic rings. The minimum Gasteiger partial charge on any atom is -0.363 e. The molecule has 0 aromatic carbocycles. The Bertz CT molecular complexity index is 1020. The van der Waals surface area contributed by atoms with E-state index in [0.717, 1.165) is 17.4 Å². The number of carbonyl (C=O) groups is 1. The van der Waals surface area contributed by atoms with Gasteiger partial charge in [-0.05, 0) is 36.8 Å². The van der Waals surface area contributed by atoms with Crippen molar-refractivity contribution in [3.63, 3.8) is 0 Å². The molecule has 8 heteroatoms. The van der Waals surface area contributed by atoms with Gasteiger partial charge >= 0.3 is 0 Å². The number of hydrogen-bond donors (Lipinski definition) is 1.